The van der Waals surface area contributed by atoms with Gasteiger partial charge in [-0.3, -0.25) is 9.59 Å². The molecule has 1 aliphatic rings. The van der Waals surface area contributed by atoms with E-state index < -0.39 is 17.8 Å². The van der Waals surface area contributed by atoms with Crippen LogP contribution in [0.3, 0.4) is 0 Å². The molecule has 0 atom stereocenters. The molecule has 1 heterocycles. The molecule has 1 saturated heterocycles. The van der Waals surface area contributed by atoms with Gasteiger partial charge in [-0.2, -0.15) is 0 Å². The van der Waals surface area contributed by atoms with Crippen molar-refractivity contribution in [3.05, 3.63) is 0 Å². The lowest BCUT2D eigenvalue weighted by atomic mass is 10.0. The lowest BCUT2D eigenvalue weighted by Gasteiger charge is -2.12. The second-order valence-corrected chi connectivity index (χ2v) is 5.04. The molecule has 0 bridgehead atoms. The van der Waals surface area contributed by atoms with E-state index in [4.69, 9.17) is 4.84 Å². The highest BCUT2D eigenvalue weighted by Gasteiger charge is 2.32. The van der Waals surface area contributed by atoms with Gasteiger partial charge in [0.1, 0.15) is 0 Å². The summed E-state index contributed by atoms with van der Waals surface area (Å²) in [5.74, 6) is -0.666. The average molecular weight is 255 g/mol. The van der Waals surface area contributed by atoms with E-state index in [0.29, 0.717) is 11.0 Å². The number of rotatable bonds is 7. The predicted octanol–water partition coefficient (Wildman–Crippen LogP) is 2.20. The highest BCUT2D eigenvalue weighted by Crippen LogP contribution is 2.14. The number of nitrogens with zero attached hydrogens (tertiary/aromatic N) is 1. The van der Waals surface area contributed by atoms with Gasteiger partial charge in [0, 0.05) is 19.3 Å². The minimum absolute atomic E-state index is 0.139. The number of unbranched alkanes of at least 4 members (excludes halogenated alkanes) is 2. The van der Waals surface area contributed by atoms with Crippen LogP contribution in [0.4, 0.5) is 0 Å². The number of hydrogen-bond acceptors (Lipinski definition) is 4. The number of amides is 2. The maximum absolute atomic E-state index is 11.4. The van der Waals surface area contributed by atoms with Crippen LogP contribution in [-0.2, 0) is 19.2 Å². The van der Waals surface area contributed by atoms with Gasteiger partial charge in [-0.05, 0) is 12.3 Å². The first-order valence-electron chi connectivity index (χ1n) is 6.57. The van der Waals surface area contributed by atoms with Crippen molar-refractivity contribution in [3.63, 3.8) is 0 Å². The summed E-state index contributed by atoms with van der Waals surface area (Å²) in [6.45, 7) is 4.33. The van der Waals surface area contributed by atoms with Crippen LogP contribution in [0.15, 0.2) is 0 Å². The molecular weight excluding hydrogens is 234 g/mol. The zero-order valence-electron chi connectivity index (χ0n) is 11.1. The molecule has 0 aromatic rings. The fourth-order valence-corrected chi connectivity index (χ4v) is 1.80. The van der Waals surface area contributed by atoms with Crippen molar-refractivity contribution in [2.75, 3.05) is 0 Å². The molecule has 0 N–H and O–H groups in total. The first kappa shape index (κ1) is 14.7. The number of carbonyl (C=O) groups excluding carboxylic acids is 3. The normalized spacial score (nSPS) is 15.6. The number of imide groups is 1. The van der Waals surface area contributed by atoms with E-state index >= 15 is 0 Å². The summed E-state index contributed by atoms with van der Waals surface area (Å²) >= 11 is 0. The Kier molecular flexibility index (Phi) is 5.82. The van der Waals surface area contributed by atoms with Gasteiger partial charge < -0.3 is 4.84 Å². The van der Waals surface area contributed by atoms with Crippen LogP contribution in [0.25, 0.3) is 0 Å². The summed E-state index contributed by atoms with van der Waals surface area (Å²) < 4.78 is 0. The Morgan fingerprint density at radius 3 is 2.33 bits per heavy atom. The Morgan fingerprint density at radius 2 is 1.78 bits per heavy atom. The molecule has 5 nitrogen and oxygen atoms in total. The van der Waals surface area contributed by atoms with Crippen LogP contribution in [0.5, 0.6) is 0 Å². The van der Waals surface area contributed by atoms with Crippen molar-refractivity contribution in [3.8, 4) is 0 Å². The lowest BCUT2D eigenvalue weighted by Crippen LogP contribution is -2.31. The van der Waals surface area contributed by atoms with Crippen molar-refractivity contribution >= 4 is 17.8 Å². The van der Waals surface area contributed by atoms with Crippen molar-refractivity contribution in [1.29, 1.82) is 0 Å². The third-order valence-corrected chi connectivity index (χ3v) is 2.86. The molecule has 0 aliphatic carbocycles. The number of hydroxylamine groups is 2. The lowest BCUT2D eigenvalue weighted by molar-refractivity contribution is -0.197. The van der Waals surface area contributed by atoms with E-state index in [1.54, 1.807) is 0 Å². The smallest absolute Gasteiger partial charge is 0.330 e. The minimum atomic E-state index is -0.497. The molecule has 1 fully saturated rings. The topological polar surface area (TPSA) is 63.7 Å². The third kappa shape index (κ3) is 4.85. The van der Waals surface area contributed by atoms with E-state index in [1.807, 2.05) is 0 Å². The average Bonchev–Trinajstić information content (AvgIpc) is 2.60. The van der Waals surface area contributed by atoms with Crippen LogP contribution in [0, 0.1) is 5.92 Å². The predicted molar refractivity (Wildman–Crippen MR) is 65.1 cm³/mol. The van der Waals surface area contributed by atoms with Gasteiger partial charge >= 0.3 is 5.97 Å². The molecule has 0 saturated carbocycles. The minimum Gasteiger partial charge on any atom is -0.330 e. The SMILES string of the molecule is CC(C)CCCCCC(=O)ON1C(=O)CCC1=O. The molecule has 0 unspecified atom stereocenters. The Balaban J connectivity index is 2.14. The quantitative estimate of drug-likeness (QED) is 0.517. The molecule has 0 aromatic carbocycles. The standard InChI is InChI=1S/C13H21NO4/c1-10(2)6-4-3-5-7-13(17)18-14-11(15)8-9-12(14)16/h10H,3-9H2,1-2H3. The van der Waals surface area contributed by atoms with E-state index in [-0.39, 0.29) is 19.3 Å². The van der Waals surface area contributed by atoms with Gasteiger partial charge in [0.2, 0.25) is 0 Å². The molecule has 18 heavy (non-hydrogen) atoms. The van der Waals surface area contributed by atoms with E-state index in [1.165, 1.54) is 0 Å². The maximum atomic E-state index is 11.4. The molecule has 2 amide bonds. The van der Waals surface area contributed by atoms with Crippen LogP contribution >= 0.6 is 0 Å². The van der Waals surface area contributed by atoms with Crippen molar-refractivity contribution in [1.82, 2.24) is 5.06 Å². The van der Waals surface area contributed by atoms with Gasteiger partial charge in [0.15, 0.2) is 0 Å². The zero-order valence-corrected chi connectivity index (χ0v) is 11.1. The highest BCUT2D eigenvalue weighted by atomic mass is 16.7. The van der Waals surface area contributed by atoms with Gasteiger partial charge in [0.05, 0.1) is 0 Å². The van der Waals surface area contributed by atoms with Crippen molar-refractivity contribution in [2.24, 2.45) is 5.92 Å². The maximum Gasteiger partial charge on any atom is 0.333 e. The molecule has 0 spiro atoms. The molecule has 0 radical (unpaired) electrons. The summed E-state index contributed by atoms with van der Waals surface area (Å²) in [5.41, 5.74) is 0. The van der Waals surface area contributed by atoms with Gasteiger partial charge in [-0.25, -0.2) is 4.79 Å². The Labute approximate surface area is 107 Å². The summed E-state index contributed by atoms with van der Waals surface area (Å²) in [6.07, 6.45) is 4.48. The second-order valence-electron chi connectivity index (χ2n) is 5.04. The number of carbonyl (C=O) groups is 3. The van der Waals surface area contributed by atoms with Gasteiger partial charge in [-0.15, -0.1) is 5.06 Å². The molecule has 1 aliphatic heterocycles. The molecule has 0 aromatic heterocycles. The van der Waals surface area contributed by atoms with Gasteiger partial charge in [0.25, 0.3) is 11.8 Å². The highest BCUT2D eigenvalue weighted by molar-refractivity contribution is 6.01. The van der Waals surface area contributed by atoms with Crippen molar-refractivity contribution < 1.29 is 19.2 Å². The summed E-state index contributed by atoms with van der Waals surface area (Å²) in [7, 11) is 0. The molecule has 5 heteroatoms. The van der Waals surface area contributed by atoms with E-state index in [0.717, 1.165) is 25.7 Å². The molecular formula is C13H21NO4. The van der Waals surface area contributed by atoms with Crippen LogP contribution in [0.1, 0.15) is 58.8 Å². The Bertz CT molecular complexity index is 309. The first-order chi connectivity index (χ1) is 8.50. The Morgan fingerprint density at radius 1 is 1.17 bits per heavy atom. The molecule has 1 rings (SSSR count). The zero-order chi connectivity index (χ0) is 13.5. The van der Waals surface area contributed by atoms with Crippen LogP contribution in [-0.4, -0.2) is 22.8 Å². The monoisotopic (exact) mass is 255 g/mol. The first-order valence-corrected chi connectivity index (χ1v) is 6.57. The van der Waals surface area contributed by atoms with Crippen LogP contribution < -0.4 is 0 Å². The number of hydrogen-bond donors (Lipinski definition) is 0. The third-order valence-electron chi connectivity index (χ3n) is 2.86. The summed E-state index contributed by atoms with van der Waals surface area (Å²) in [6, 6.07) is 0. The summed E-state index contributed by atoms with van der Waals surface area (Å²) in [5, 5.41) is 0.608. The Hall–Kier alpha value is -1.39. The largest absolute Gasteiger partial charge is 0.333 e. The van der Waals surface area contributed by atoms with Crippen LogP contribution in [0.2, 0.25) is 0 Å². The second kappa shape index (κ2) is 7.13. The van der Waals surface area contributed by atoms with E-state index in [9.17, 15) is 14.4 Å². The van der Waals surface area contributed by atoms with Crippen molar-refractivity contribution in [2.45, 2.75) is 58.8 Å². The summed E-state index contributed by atoms with van der Waals surface area (Å²) in [4.78, 5) is 38.6. The van der Waals surface area contributed by atoms with E-state index in [2.05, 4.69) is 13.8 Å². The van der Waals surface area contributed by atoms with Gasteiger partial charge in [-0.1, -0.05) is 33.1 Å². The fourth-order valence-electron chi connectivity index (χ4n) is 1.80. The fraction of sp³-hybridized carbons (Fsp3) is 0.769. The molecule has 102 valence electrons.